The minimum Gasteiger partial charge on any atom is -0.482 e. The first kappa shape index (κ1) is 15.7. The van der Waals surface area contributed by atoms with Gasteiger partial charge in [-0.05, 0) is 30.2 Å². The highest BCUT2D eigenvalue weighted by Gasteiger charge is 2.27. The van der Waals surface area contributed by atoms with Crippen molar-refractivity contribution in [1.29, 1.82) is 0 Å². The van der Waals surface area contributed by atoms with E-state index in [0.717, 1.165) is 11.1 Å². The number of carbonyl (C=O) groups is 2. The number of anilines is 1. The van der Waals surface area contributed by atoms with Crippen molar-refractivity contribution >= 4 is 23.7 Å². The van der Waals surface area contributed by atoms with Gasteiger partial charge in [-0.2, -0.15) is 5.10 Å². The summed E-state index contributed by atoms with van der Waals surface area (Å²) in [5, 5.41) is 3.91. The first-order valence-electron chi connectivity index (χ1n) is 7.54. The lowest BCUT2D eigenvalue weighted by atomic mass is 10.1. The van der Waals surface area contributed by atoms with Gasteiger partial charge in [-0.3, -0.25) is 14.5 Å². The second kappa shape index (κ2) is 6.95. The van der Waals surface area contributed by atoms with E-state index in [4.69, 9.17) is 4.74 Å². The van der Waals surface area contributed by atoms with Crippen molar-refractivity contribution in [2.24, 2.45) is 5.10 Å². The summed E-state index contributed by atoms with van der Waals surface area (Å²) in [4.78, 5) is 25.6. The Kier molecular flexibility index (Phi) is 4.56. The summed E-state index contributed by atoms with van der Waals surface area (Å²) in [5.41, 5.74) is 4.91. The van der Waals surface area contributed by atoms with Crippen LogP contribution in [0.3, 0.4) is 0 Å². The molecule has 0 aliphatic carbocycles. The van der Waals surface area contributed by atoms with E-state index in [9.17, 15) is 9.59 Å². The smallest absolute Gasteiger partial charge is 0.265 e. The molecule has 0 radical (unpaired) electrons. The Labute approximate surface area is 139 Å². The van der Waals surface area contributed by atoms with E-state index in [-0.39, 0.29) is 25.0 Å². The van der Waals surface area contributed by atoms with E-state index in [1.54, 1.807) is 12.3 Å². The minimum absolute atomic E-state index is 0.0728. The minimum atomic E-state index is -0.370. The Morgan fingerprint density at radius 1 is 1.29 bits per heavy atom. The summed E-state index contributed by atoms with van der Waals surface area (Å²) in [6.45, 7) is 1.74. The van der Waals surface area contributed by atoms with Crippen LogP contribution in [-0.4, -0.2) is 31.2 Å². The average molecular weight is 323 g/mol. The molecule has 0 saturated heterocycles. The molecule has 0 fully saturated rings. The molecule has 2 aromatic carbocycles. The number of ether oxygens (including phenoxy) is 1. The molecule has 1 aliphatic rings. The van der Waals surface area contributed by atoms with Crippen LogP contribution in [0.25, 0.3) is 0 Å². The lowest BCUT2D eigenvalue weighted by Gasteiger charge is -2.28. The van der Waals surface area contributed by atoms with Gasteiger partial charge in [0.1, 0.15) is 12.3 Å². The number of carbonyl (C=O) groups excluding carboxylic acids is 2. The van der Waals surface area contributed by atoms with Crippen molar-refractivity contribution in [2.45, 2.75) is 6.92 Å². The number of hydrazone groups is 1. The fourth-order valence-electron chi connectivity index (χ4n) is 2.38. The highest BCUT2D eigenvalue weighted by Crippen LogP contribution is 2.32. The fourth-order valence-corrected chi connectivity index (χ4v) is 2.38. The molecule has 6 nitrogen and oxygen atoms in total. The lowest BCUT2D eigenvalue weighted by Crippen LogP contribution is -2.44. The van der Waals surface area contributed by atoms with Crippen molar-refractivity contribution in [3.8, 4) is 5.75 Å². The van der Waals surface area contributed by atoms with Gasteiger partial charge < -0.3 is 4.74 Å². The molecule has 2 aromatic rings. The first-order chi connectivity index (χ1) is 11.6. The van der Waals surface area contributed by atoms with Gasteiger partial charge in [0.2, 0.25) is 0 Å². The van der Waals surface area contributed by atoms with Crippen LogP contribution in [0.4, 0.5) is 5.69 Å². The molecule has 1 N–H and O–H groups in total. The van der Waals surface area contributed by atoms with Crippen LogP contribution in [0.2, 0.25) is 0 Å². The largest absolute Gasteiger partial charge is 0.482 e. The van der Waals surface area contributed by atoms with E-state index in [1.807, 2.05) is 49.4 Å². The molecule has 24 heavy (non-hydrogen) atoms. The summed E-state index contributed by atoms with van der Waals surface area (Å²) < 4.78 is 5.39. The highest BCUT2D eigenvalue weighted by atomic mass is 16.5. The molecule has 0 saturated carbocycles. The molecule has 0 atom stereocenters. The number of benzene rings is 2. The topological polar surface area (TPSA) is 71.0 Å². The number of amides is 2. The van der Waals surface area contributed by atoms with Crippen LogP contribution in [0, 0.1) is 6.92 Å². The van der Waals surface area contributed by atoms with E-state index < -0.39 is 0 Å². The summed E-state index contributed by atoms with van der Waals surface area (Å²) in [6.07, 6.45) is 1.55. The average Bonchev–Trinajstić information content (AvgIpc) is 2.58. The third-order valence-electron chi connectivity index (χ3n) is 3.56. The molecule has 0 unspecified atom stereocenters. The van der Waals surface area contributed by atoms with Crippen LogP contribution in [0.5, 0.6) is 5.75 Å². The first-order valence-corrected chi connectivity index (χ1v) is 7.54. The number of nitrogens with one attached hydrogen (secondary N) is 1. The molecule has 1 heterocycles. The molecule has 6 heteroatoms. The predicted octanol–water partition coefficient (Wildman–Crippen LogP) is 1.87. The maximum atomic E-state index is 12.1. The Morgan fingerprint density at radius 2 is 2.08 bits per heavy atom. The molecule has 2 amide bonds. The Bertz CT molecular complexity index is 787. The molecule has 0 spiro atoms. The van der Waals surface area contributed by atoms with Crippen molar-refractivity contribution in [2.75, 3.05) is 18.1 Å². The van der Waals surface area contributed by atoms with E-state index in [2.05, 4.69) is 10.5 Å². The number of rotatable bonds is 4. The number of aryl methyl sites for hydroxylation is 1. The number of nitrogens with zero attached hydrogens (tertiary/aromatic N) is 2. The SMILES string of the molecule is Cc1ccc2c(c1)N(CC(=O)N/N=C/c1ccccc1)C(=O)CO2. The van der Waals surface area contributed by atoms with Crippen LogP contribution >= 0.6 is 0 Å². The molecule has 0 aromatic heterocycles. The Hall–Kier alpha value is -3.15. The molecule has 1 aliphatic heterocycles. The van der Waals surface area contributed by atoms with Gasteiger partial charge >= 0.3 is 0 Å². The van der Waals surface area contributed by atoms with Crippen molar-refractivity contribution in [1.82, 2.24) is 5.43 Å². The van der Waals surface area contributed by atoms with Crippen LogP contribution in [0.15, 0.2) is 53.6 Å². The maximum Gasteiger partial charge on any atom is 0.265 e. The standard InChI is InChI=1S/C18H17N3O3/c1-13-7-8-16-15(9-13)21(18(23)12-24-16)11-17(22)20-19-10-14-5-3-2-4-6-14/h2-10H,11-12H2,1H3,(H,20,22)/b19-10+. The normalized spacial score (nSPS) is 13.5. The van der Waals surface area contributed by atoms with Crippen LogP contribution in [-0.2, 0) is 9.59 Å². The second-order valence-electron chi connectivity index (χ2n) is 5.44. The van der Waals surface area contributed by atoms with E-state index in [0.29, 0.717) is 11.4 Å². The second-order valence-corrected chi connectivity index (χ2v) is 5.44. The summed E-state index contributed by atoms with van der Waals surface area (Å²) >= 11 is 0. The number of fused-ring (bicyclic) bond motifs is 1. The zero-order chi connectivity index (χ0) is 16.9. The van der Waals surface area contributed by atoms with Gasteiger partial charge in [0.25, 0.3) is 11.8 Å². The Balaban J connectivity index is 1.67. The van der Waals surface area contributed by atoms with E-state index in [1.165, 1.54) is 4.90 Å². The van der Waals surface area contributed by atoms with Crippen LogP contribution < -0.4 is 15.1 Å². The number of hydrogen-bond donors (Lipinski definition) is 1. The summed E-state index contributed by atoms with van der Waals surface area (Å²) in [7, 11) is 0. The van der Waals surface area contributed by atoms with Gasteiger partial charge in [-0.1, -0.05) is 36.4 Å². The third-order valence-corrected chi connectivity index (χ3v) is 3.56. The van der Waals surface area contributed by atoms with Crippen molar-refractivity contribution < 1.29 is 14.3 Å². The third kappa shape index (κ3) is 3.60. The number of hydrogen-bond acceptors (Lipinski definition) is 4. The molecule has 0 bridgehead atoms. The molecular weight excluding hydrogens is 306 g/mol. The quantitative estimate of drug-likeness (QED) is 0.690. The van der Waals surface area contributed by atoms with Gasteiger partial charge in [-0.25, -0.2) is 5.43 Å². The Morgan fingerprint density at radius 3 is 2.88 bits per heavy atom. The van der Waals surface area contributed by atoms with Gasteiger partial charge in [0, 0.05) is 0 Å². The highest BCUT2D eigenvalue weighted by molar-refractivity contribution is 6.02. The van der Waals surface area contributed by atoms with Crippen molar-refractivity contribution in [3.05, 3.63) is 59.7 Å². The summed E-state index contributed by atoms with van der Waals surface area (Å²) in [5.74, 6) is -0.0269. The molecule has 3 rings (SSSR count). The lowest BCUT2D eigenvalue weighted by molar-refractivity contribution is -0.125. The molecule has 122 valence electrons. The fraction of sp³-hybridized carbons (Fsp3) is 0.167. The zero-order valence-corrected chi connectivity index (χ0v) is 13.2. The van der Waals surface area contributed by atoms with Gasteiger partial charge in [0.05, 0.1) is 11.9 Å². The van der Waals surface area contributed by atoms with Gasteiger partial charge in [0.15, 0.2) is 6.61 Å². The predicted molar refractivity (Wildman–Crippen MR) is 91.2 cm³/mol. The summed E-state index contributed by atoms with van der Waals surface area (Å²) in [6, 6.07) is 14.9. The van der Waals surface area contributed by atoms with Crippen molar-refractivity contribution in [3.63, 3.8) is 0 Å². The van der Waals surface area contributed by atoms with Crippen LogP contribution in [0.1, 0.15) is 11.1 Å². The monoisotopic (exact) mass is 323 g/mol. The molecular formula is C18H17N3O3. The maximum absolute atomic E-state index is 12.1. The van der Waals surface area contributed by atoms with E-state index >= 15 is 0 Å². The zero-order valence-electron chi connectivity index (χ0n) is 13.2. The van der Waals surface area contributed by atoms with Gasteiger partial charge in [-0.15, -0.1) is 0 Å².